The molecule has 1 aliphatic rings. The van der Waals surface area contributed by atoms with Gasteiger partial charge in [0.1, 0.15) is 12.1 Å². The quantitative estimate of drug-likeness (QED) is 0.614. The number of aromatic nitrogens is 5. The van der Waals surface area contributed by atoms with Crippen LogP contribution in [0.25, 0.3) is 22.3 Å². The van der Waals surface area contributed by atoms with Crippen LogP contribution in [0.4, 0.5) is 5.82 Å². The maximum absolute atomic E-state index is 6.15. The molecule has 0 atom stereocenters. The molecule has 1 saturated carbocycles. The van der Waals surface area contributed by atoms with Crippen LogP contribution in [0.5, 0.6) is 0 Å². The van der Waals surface area contributed by atoms with Gasteiger partial charge in [-0.05, 0) is 36.6 Å². The predicted octanol–water partition coefficient (Wildman–Crippen LogP) is 3.40. The van der Waals surface area contributed by atoms with Crippen molar-refractivity contribution in [3.05, 3.63) is 66.2 Å². The Morgan fingerprint density at radius 3 is 2.77 bits per heavy atom. The zero-order chi connectivity index (χ0) is 17.5. The normalized spacial score (nSPS) is 14.0. The molecule has 0 bridgehead atoms. The van der Waals surface area contributed by atoms with Crippen molar-refractivity contribution in [3.63, 3.8) is 0 Å². The largest absolute Gasteiger partial charge is 0.383 e. The molecule has 5 rings (SSSR count). The summed E-state index contributed by atoms with van der Waals surface area (Å²) in [5, 5.41) is 5.71. The van der Waals surface area contributed by atoms with Crippen molar-refractivity contribution in [3.8, 4) is 11.3 Å². The zero-order valence-electron chi connectivity index (χ0n) is 14.2. The summed E-state index contributed by atoms with van der Waals surface area (Å²) in [6, 6.07) is 14.8. The van der Waals surface area contributed by atoms with E-state index in [1.165, 1.54) is 11.9 Å². The van der Waals surface area contributed by atoms with Crippen LogP contribution >= 0.6 is 0 Å². The van der Waals surface area contributed by atoms with Crippen molar-refractivity contribution in [1.82, 2.24) is 24.7 Å². The van der Waals surface area contributed by atoms with E-state index in [-0.39, 0.29) is 0 Å². The van der Waals surface area contributed by atoms with Gasteiger partial charge in [0.2, 0.25) is 0 Å². The number of pyridine rings is 1. The van der Waals surface area contributed by atoms with E-state index in [0.29, 0.717) is 18.3 Å². The fourth-order valence-corrected chi connectivity index (χ4v) is 3.33. The summed E-state index contributed by atoms with van der Waals surface area (Å²) >= 11 is 0. The molecule has 4 aromatic rings. The summed E-state index contributed by atoms with van der Waals surface area (Å²) in [6.07, 6.45) is 6.31. The first kappa shape index (κ1) is 15.0. The molecule has 1 aliphatic carbocycles. The minimum atomic E-state index is 0.445. The van der Waals surface area contributed by atoms with Crippen molar-refractivity contribution in [1.29, 1.82) is 0 Å². The Morgan fingerprint density at radius 2 is 1.96 bits per heavy atom. The fraction of sp³-hybridized carbons (Fsp3) is 0.200. The number of benzene rings is 1. The number of hydrogen-bond donors (Lipinski definition) is 1. The monoisotopic (exact) mass is 342 g/mol. The van der Waals surface area contributed by atoms with E-state index in [2.05, 4.69) is 39.2 Å². The second-order valence-corrected chi connectivity index (χ2v) is 6.67. The molecule has 1 fully saturated rings. The lowest BCUT2D eigenvalue weighted by atomic mass is 10.0. The van der Waals surface area contributed by atoms with Crippen LogP contribution in [0.1, 0.15) is 30.1 Å². The van der Waals surface area contributed by atoms with Crippen LogP contribution in [0.2, 0.25) is 0 Å². The van der Waals surface area contributed by atoms with Crippen LogP contribution in [0.3, 0.4) is 0 Å². The molecule has 3 aromatic heterocycles. The van der Waals surface area contributed by atoms with Crippen LogP contribution < -0.4 is 5.73 Å². The van der Waals surface area contributed by atoms with Gasteiger partial charge >= 0.3 is 0 Å². The first-order chi connectivity index (χ1) is 12.8. The molecule has 0 radical (unpaired) electrons. The third-order valence-electron chi connectivity index (χ3n) is 4.74. The summed E-state index contributed by atoms with van der Waals surface area (Å²) in [5.41, 5.74) is 11.2. The van der Waals surface area contributed by atoms with Crippen LogP contribution in [-0.4, -0.2) is 24.7 Å². The highest BCUT2D eigenvalue weighted by molar-refractivity contribution is 5.88. The summed E-state index contributed by atoms with van der Waals surface area (Å²) < 4.78 is 2.02. The van der Waals surface area contributed by atoms with Crippen LogP contribution in [0.15, 0.2) is 55.0 Å². The van der Waals surface area contributed by atoms with Gasteiger partial charge in [0.05, 0.1) is 22.8 Å². The highest BCUT2D eigenvalue weighted by Crippen LogP contribution is 2.38. The summed E-state index contributed by atoms with van der Waals surface area (Å²) in [6.45, 7) is 0. The Hall–Kier alpha value is -3.28. The summed E-state index contributed by atoms with van der Waals surface area (Å²) in [4.78, 5) is 13.0. The van der Waals surface area contributed by atoms with Crippen LogP contribution in [0, 0.1) is 0 Å². The van der Waals surface area contributed by atoms with Crippen molar-refractivity contribution in [2.75, 3.05) is 5.73 Å². The Morgan fingerprint density at radius 1 is 1.04 bits per heavy atom. The highest BCUT2D eigenvalue weighted by atomic mass is 15.3. The molecule has 0 spiro atoms. The smallest absolute Gasteiger partial charge is 0.163 e. The van der Waals surface area contributed by atoms with E-state index in [0.717, 1.165) is 40.8 Å². The molecule has 26 heavy (non-hydrogen) atoms. The predicted molar refractivity (Wildman–Crippen MR) is 100 cm³/mol. The van der Waals surface area contributed by atoms with E-state index < -0.39 is 0 Å². The lowest BCUT2D eigenvalue weighted by molar-refractivity contribution is 0.648. The highest BCUT2D eigenvalue weighted by Gasteiger charge is 2.28. The minimum absolute atomic E-state index is 0.445. The molecule has 0 amide bonds. The van der Waals surface area contributed by atoms with E-state index in [1.54, 1.807) is 0 Å². The van der Waals surface area contributed by atoms with Gasteiger partial charge in [-0.25, -0.2) is 14.6 Å². The van der Waals surface area contributed by atoms with Gasteiger partial charge in [0.15, 0.2) is 5.65 Å². The van der Waals surface area contributed by atoms with Gasteiger partial charge < -0.3 is 5.73 Å². The molecule has 128 valence electrons. The first-order valence-corrected chi connectivity index (χ1v) is 8.77. The van der Waals surface area contributed by atoms with E-state index in [1.807, 2.05) is 29.1 Å². The second kappa shape index (κ2) is 5.91. The number of nitrogens with two attached hydrogens (primary N) is 1. The molecule has 0 aliphatic heterocycles. The van der Waals surface area contributed by atoms with Gasteiger partial charge in [-0.2, -0.15) is 5.10 Å². The van der Waals surface area contributed by atoms with Gasteiger partial charge in [-0.3, -0.25) is 4.98 Å². The average molecular weight is 342 g/mol. The average Bonchev–Trinajstić information content (AvgIpc) is 3.46. The fourth-order valence-electron chi connectivity index (χ4n) is 3.33. The third kappa shape index (κ3) is 2.60. The Bertz CT molecular complexity index is 1080. The first-order valence-electron chi connectivity index (χ1n) is 8.77. The van der Waals surface area contributed by atoms with Gasteiger partial charge in [-0.1, -0.05) is 24.3 Å². The third-order valence-corrected chi connectivity index (χ3v) is 4.74. The summed E-state index contributed by atoms with van der Waals surface area (Å²) in [7, 11) is 0. The SMILES string of the molecule is Nc1ncnc2c1c(Cc1cccc(-c3ccccn3)c1)nn2C1CC1. The number of nitrogens with zero attached hydrogens (tertiary/aromatic N) is 5. The second-order valence-electron chi connectivity index (χ2n) is 6.67. The molecule has 3 heterocycles. The lowest BCUT2D eigenvalue weighted by Crippen LogP contribution is -1.99. The maximum atomic E-state index is 6.15. The lowest BCUT2D eigenvalue weighted by Gasteiger charge is -2.04. The molecule has 2 N–H and O–H groups in total. The molecule has 0 saturated heterocycles. The van der Waals surface area contributed by atoms with Crippen molar-refractivity contribution in [2.45, 2.75) is 25.3 Å². The Labute approximate surface area is 150 Å². The number of hydrogen-bond acceptors (Lipinski definition) is 5. The number of nitrogen functional groups attached to an aromatic ring is 1. The van der Waals surface area contributed by atoms with E-state index in [9.17, 15) is 0 Å². The van der Waals surface area contributed by atoms with E-state index >= 15 is 0 Å². The topological polar surface area (TPSA) is 82.5 Å². The molecular weight excluding hydrogens is 324 g/mol. The van der Waals surface area contributed by atoms with Crippen molar-refractivity contribution in [2.24, 2.45) is 0 Å². The number of rotatable bonds is 4. The molecule has 6 heteroatoms. The summed E-state index contributed by atoms with van der Waals surface area (Å²) in [5.74, 6) is 0.498. The minimum Gasteiger partial charge on any atom is -0.383 e. The molecule has 0 unspecified atom stereocenters. The standard InChI is InChI=1S/C20H18N6/c21-19-18-17(25-26(15-7-8-15)20(18)24-12-23-19)11-13-4-3-5-14(10-13)16-6-1-2-9-22-16/h1-6,9-10,12,15H,7-8,11H2,(H2,21,23,24). The zero-order valence-corrected chi connectivity index (χ0v) is 14.2. The Balaban J connectivity index is 1.56. The van der Waals surface area contributed by atoms with Gasteiger partial charge in [-0.15, -0.1) is 0 Å². The molecule has 1 aromatic carbocycles. The molecular formula is C20H18N6. The van der Waals surface area contributed by atoms with Crippen LogP contribution in [-0.2, 0) is 6.42 Å². The van der Waals surface area contributed by atoms with Gasteiger partial charge in [0.25, 0.3) is 0 Å². The maximum Gasteiger partial charge on any atom is 0.163 e. The number of fused-ring (bicyclic) bond motifs is 1. The van der Waals surface area contributed by atoms with Crippen molar-refractivity contribution >= 4 is 16.9 Å². The Kier molecular flexibility index (Phi) is 3.41. The number of anilines is 1. The van der Waals surface area contributed by atoms with Crippen molar-refractivity contribution < 1.29 is 0 Å². The molecule has 6 nitrogen and oxygen atoms in total. The van der Waals surface area contributed by atoms with Gasteiger partial charge in [0, 0.05) is 18.2 Å². The van der Waals surface area contributed by atoms with E-state index in [4.69, 9.17) is 10.8 Å².